The molecule has 0 bridgehead atoms. The number of amides is 1. The van der Waals surface area contributed by atoms with E-state index < -0.39 is 11.9 Å². The third-order valence-corrected chi connectivity index (χ3v) is 2.83. The number of esters is 1. The molecule has 98 valence electrons. The molecule has 0 aromatic heterocycles. The number of hydrogen-bond acceptors (Lipinski definition) is 4. The van der Waals surface area contributed by atoms with Gasteiger partial charge in [0.25, 0.3) is 5.91 Å². The van der Waals surface area contributed by atoms with Gasteiger partial charge in [-0.1, -0.05) is 23.2 Å². The Kier molecular flexibility index (Phi) is 5.25. The molecule has 0 heterocycles. The monoisotopic (exact) mass is 290 g/mol. The van der Waals surface area contributed by atoms with Crippen LogP contribution in [-0.2, 0) is 9.53 Å². The van der Waals surface area contributed by atoms with E-state index in [2.05, 4.69) is 10.1 Å². The Hall–Kier alpha value is -1.46. The molecule has 0 saturated heterocycles. The van der Waals surface area contributed by atoms with E-state index in [-0.39, 0.29) is 34.4 Å². The summed E-state index contributed by atoms with van der Waals surface area (Å²) < 4.78 is 4.67. The van der Waals surface area contributed by atoms with E-state index in [1.54, 1.807) is 6.92 Å². The van der Waals surface area contributed by atoms with Crippen molar-refractivity contribution >= 4 is 40.8 Å². The van der Waals surface area contributed by atoms with Crippen LogP contribution in [0.3, 0.4) is 0 Å². The van der Waals surface area contributed by atoms with Crippen LogP contribution >= 0.6 is 23.2 Å². The van der Waals surface area contributed by atoms with Crippen LogP contribution < -0.4 is 11.1 Å². The SMILES string of the molecule is CCOC(=O)CNC(=O)c1cc(N)c(Cl)c(Cl)c1. The van der Waals surface area contributed by atoms with Crippen molar-refractivity contribution in [1.29, 1.82) is 0 Å². The molecule has 1 amide bonds. The van der Waals surface area contributed by atoms with E-state index >= 15 is 0 Å². The average molecular weight is 291 g/mol. The maximum absolute atomic E-state index is 11.7. The highest BCUT2D eigenvalue weighted by Crippen LogP contribution is 2.29. The summed E-state index contributed by atoms with van der Waals surface area (Å²) in [5.41, 5.74) is 6.00. The van der Waals surface area contributed by atoms with E-state index in [0.29, 0.717) is 0 Å². The molecule has 0 radical (unpaired) electrons. The van der Waals surface area contributed by atoms with Crippen molar-refractivity contribution in [3.05, 3.63) is 27.7 Å². The maximum Gasteiger partial charge on any atom is 0.325 e. The van der Waals surface area contributed by atoms with Crippen LogP contribution in [-0.4, -0.2) is 25.0 Å². The first-order chi connectivity index (χ1) is 8.45. The van der Waals surface area contributed by atoms with Gasteiger partial charge in [-0.15, -0.1) is 0 Å². The minimum Gasteiger partial charge on any atom is -0.465 e. The second kappa shape index (κ2) is 6.47. The molecule has 0 aliphatic rings. The second-order valence-corrected chi connectivity index (χ2v) is 4.13. The summed E-state index contributed by atoms with van der Waals surface area (Å²) in [6.07, 6.45) is 0. The molecular formula is C11H12Cl2N2O3. The highest BCUT2D eigenvalue weighted by molar-refractivity contribution is 6.43. The van der Waals surface area contributed by atoms with Gasteiger partial charge in [0.15, 0.2) is 0 Å². The van der Waals surface area contributed by atoms with E-state index in [1.807, 2.05) is 0 Å². The van der Waals surface area contributed by atoms with Gasteiger partial charge in [0.2, 0.25) is 0 Å². The van der Waals surface area contributed by atoms with Crippen molar-refractivity contribution in [2.75, 3.05) is 18.9 Å². The van der Waals surface area contributed by atoms with Crippen molar-refractivity contribution in [3.8, 4) is 0 Å². The quantitative estimate of drug-likeness (QED) is 0.655. The predicted octanol–water partition coefficient (Wildman–Crippen LogP) is 1.87. The number of nitrogen functional groups attached to an aromatic ring is 1. The van der Waals surface area contributed by atoms with Gasteiger partial charge in [0, 0.05) is 5.56 Å². The highest BCUT2D eigenvalue weighted by atomic mass is 35.5. The van der Waals surface area contributed by atoms with Crippen molar-refractivity contribution < 1.29 is 14.3 Å². The van der Waals surface area contributed by atoms with Crippen molar-refractivity contribution in [1.82, 2.24) is 5.32 Å². The summed E-state index contributed by atoms with van der Waals surface area (Å²) in [4.78, 5) is 22.8. The van der Waals surface area contributed by atoms with Gasteiger partial charge in [-0.3, -0.25) is 9.59 Å². The lowest BCUT2D eigenvalue weighted by atomic mass is 10.2. The van der Waals surface area contributed by atoms with Crippen molar-refractivity contribution in [2.24, 2.45) is 0 Å². The van der Waals surface area contributed by atoms with Crippen LogP contribution in [0.15, 0.2) is 12.1 Å². The summed E-state index contributed by atoms with van der Waals surface area (Å²) in [5, 5.41) is 2.76. The fourth-order valence-corrected chi connectivity index (χ4v) is 1.54. The first kappa shape index (κ1) is 14.6. The highest BCUT2D eigenvalue weighted by Gasteiger charge is 2.12. The minimum absolute atomic E-state index is 0.179. The number of nitrogens with two attached hydrogens (primary N) is 1. The van der Waals surface area contributed by atoms with E-state index in [0.717, 1.165) is 0 Å². The molecular weight excluding hydrogens is 279 g/mol. The Bertz CT molecular complexity index is 454. The molecule has 1 aromatic carbocycles. The van der Waals surface area contributed by atoms with Gasteiger partial charge < -0.3 is 15.8 Å². The number of halogens is 2. The Balaban J connectivity index is 2.70. The molecule has 1 rings (SSSR count). The molecule has 0 aliphatic heterocycles. The topological polar surface area (TPSA) is 81.4 Å². The van der Waals surface area contributed by atoms with Crippen LogP contribution in [0.1, 0.15) is 17.3 Å². The molecule has 3 N–H and O–H groups in total. The number of hydrogen-bond donors (Lipinski definition) is 2. The molecule has 0 unspecified atom stereocenters. The van der Waals surface area contributed by atoms with Crippen LogP contribution in [0, 0.1) is 0 Å². The predicted molar refractivity (Wildman–Crippen MR) is 69.8 cm³/mol. The normalized spacial score (nSPS) is 9.94. The lowest BCUT2D eigenvalue weighted by molar-refractivity contribution is -0.141. The largest absolute Gasteiger partial charge is 0.465 e. The van der Waals surface area contributed by atoms with Crippen LogP contribution in [0.4, 0.5) is 5.69 Å². The summed E-state index contributed by atoms with van der Waals surface area (Å²) in [7, 11) is 0. The smallest absolute Gasteiger partial charge is 0.325 e. The van der Waals surface area contributed by atoms with Crippen LogP contribution in [0.2, 0.25) is 10.0 Å². The van der Waals surface area contributed by atoms with Gasteiger partial charge in [0.05, 0.1) is 22.3 Å². The molecule has 7 heteroatoms. The van der Waals surface area contributed by atoms with Crippen molar-refractivity contribution in [2.45, 2.75) is 6.92 Å². The van der Waals surface area contributed by atoms with Gasteiger partial charge in [-0.05, 0) is 19.1 Å². The third kappa shape index (κ3) is 3.78. The van der Waals surface area contributed by atoms with Crippen LogP contribution in [0.25, 0.3) is 0 Å². The summed E-state index contributed by atoms with van der Waals surface area (Å²) in [5.74, 6) is -0.993. The Morgan fingerprint density at radius 1 is 1.39 bits per heavy atom. The minimum atomic E-state index is -0.515. The number of carbonyl (C=O) groups excluding carboxylic acids is 2. The number of rotatable bonds is 4. The fourth-order valence-electron chi connectivity index (χ4n) is 1.21. The average Bonchev–Trinajstić information content (AvgIpc) is 2.32. The van der Waals surface area contributed by atoms with E-state index in [9.17, 15) is 9.59 Å². The number of benzene rings is 1. The standard InChI is InChI=1S/C11H12Cl2N2O3/c1-2-18-9(16)5-15-11(17)6-3-7(12)10(13)8(14)4-6/h3-4H,2,5,14H2,1H3,(H,15,17). The number of ether oxygens (including phenoxy) is 1. The van der Waals surface area contributed by atoms with Gasteiger partial charge >= 0.3 is 5.97 Å². The molecule has 1 aromatic rings. The number of carbonyl (C=O) groups is 2. The summed E-state index contributed by atoms with van der Waals surface area (Å²) in [6, 6.07) is 2.76. The van der Waals surface area contributed by atoms with Gasteiger partial charge in [-0.2, -0.15) is 0 Å². The Morgan fingerprint density at radius 2 is 2.06 bits per heavy atom. The zero-order valence-corrected chi connectivity index (χ0v) is 11.1. The Labute approximate surface area is 114 Å². The van der Waals surface area contributed by atoms with E-state index in [1.165, 1.54) is 12.1 Å². The lowest BCUT2D eigenvalue weighted by Gasteiger charge is -2.07. The maximum atomic E-state index is 11.7. The first-order valence-corrected chi connectivity index (χ1v) is 5.89. The molecule has 5 nitrogen and oxygen atoms in total. The zero-order valence-electron chi connectivity index (χ0n) is 9.63. The molecule has 0 saturated carbocycles. The van der Waals surface area contributed by atoms with Crippen molar-refractivity contribution in [3.63, 3.8) is 0 Å². The summed E-state index contributed by atoms with van der Waals surface area (Å²) in [6.45, 7) is 1.72. The molecule has 0 aliphatic carbocycles. The number of nitrogens with one attached hydrogen (secondary N) is 1. The lowest BCUT2D eigenvalue weighted by Crippen LogP contribution is -2.30. The first-order valence-electron chi connectivity index (χ1n) is 5.14. The number of anilines is 1. The molecule has 0 spiro atoms. The fraction of sp³-hybridized carbons (Fsp3) is 0.273. The second-order valence-electron chi connectivity index (χ2n) is 3.35. The zero-order chi connectivity index (χ0) is 13.7. The third-order valence-electron chi connectivity index (χ3n) is 2.02. The molecule has 18 heavy (non-hydrogen) atoms. The van der Waals surface area contributed by atoms with Crippen LogP contribution in [0.5, 0.6) is 0 Å². The Morgan fingerprint density at radius 3 is 2.61 bits per heavy atom. The molecule has 0 fully saturated rings. The molecule has 0 atom stereocenters. The summed E-state index contributed by atoms with van der Waals surface area (Å²) >= 11 is 11.6. The van der Waals surface area contributed by atoms with E-state index in [4.69, 9.17) is 28.9 Å². The van der Waals surface area contributed by atoms with Gasteiger partial charge in [-0.25, -0.2) is 0 Å². The van der Waals surface area contributed by atoms with Gasteiger partial charge in [0.1, 0.15) is 6.54 Å².